The van der Waals surface area contributed by atoms with Gasteiger partial charge in [-0.25, -0.2) is 0 Å². The number of para-hydroxylation sites is 1. The number of nitrogens with one attached hydrogen (secondary N) is 1. The van der Waals surface area contributed by atoms with Crippen molar-refractivity contribution in [1.82, 2.24) is 9.88 Å². The molecule has 3 heterocycles. The van der Waals surface area contributed by atoms with Gasteiger partial charge in [0.25, 0.3) is 0 Å². The number of hydrogen-bond donors (Lipinski definition) is 1. The van der Waals surface area contributed by atoms with Crippen molar-refractivity contribution in [3.63, 3.8) is 0 Å². The molecule has 4 nitrogen and oxygen atoms in total. The molecular weight excluding hydrogens is 350 g/mol. The van der Waals surface area contributed by atoms with Crippen molar-refractivity contribution in [1.29, 1.82) is 5.26 Å². The number of nitriles is 1. The van der Waals surface area contributed by atoms with E-state index in [1.54, 1.807) is 0 Å². The van der Waals surface area contributed by atoms with Crippen LogP contribution in [0.15, 0.2) is 24.3 Å². The summed E-state index contributed by atoms with van der Waals surface area (Å²) in [7, 11) is -1.79. The summed E-state index contributed by atoms with van der Waals surface area (Å²) in [5, 5.41) is 11.3. The van der Waals surface area contributed by atoms with Gasteiger partial charge in [-0.2, -0.15) is 5.26 Å². The van der Waals surface area contributed by atoms with Crippen molar-refractivity contribution in [3.8, 4) is 6.07 Å². The zero-order valence-electron chi connectivity index (χ0n) is 17.0. The minimum absolute atomic E-state index is 0.229. The van der Waals surface area contributed by atoms with Crippen molar-refractivity contribution >= 4 is 19.2 Å². The van der Waals surface area contributed by atoms with Crippen LogP contribution in [-0.4, -0.2) is 37.4 Å². The van der Waals surface area contributed by atoms with E-state index in [0.717, 1.165) is 25.9 Å². The molecule has 2 aliphatic heterocycles. The van der Waals surface area contributed by atoms with Crippen LogP contribution in [0.5, 0.6) is 0 Å². The number of benzene rings is 1. The highest BCUT2D eigenvalue weighted by Crippen LogP contribution is 2.46. The molecule has 0 aliphatic carbocycles. The molecule has 2 unspecified atom stereocenters. The average molecular weight is 382 g/mol. The molecule has 0 spiro atoms. The molecule has 2 aromatic rings. The SMILES string of the molecule is CC[C@@H]1CC(C(C#N)O[Si](C)(C)C)[C@@H]2c3[nH]c4ccccc4c3CCN2C1. The van der Waals surface area contributed by atoms with E-state index in [1.165, 1.54) is 28.6 Å². The first-order valence-electron chi connectivity index (χ1n) is 10.3. The lowest BCUT2D eigenvalue weighted by Gasteiger charge is -2.48. The lowest BCUT2D eigenvalue weighted by molar-refractivity contribution is -0.000453. The molecule has 27 heavy (non-hydrogen) atoms. The minimum Gasteiger partial charge on any atom is -0.402 e. The summed E-state index contributed by atoms with van der Waals surface area (Å²) in [4.78, 5) is 6.35. The van der Waals surface area contributed by atoms with E-state index in [9.17, 15) is 5.26 Å². The van der Waals surface area contributed by atoms with Gasteiger partial charge in [0.05, 0.1) is 12.1 Å². The molecule has 0 amide bonds. The van der Waals surface area contributed by atoms with E-state index in [2.05, 4.69) is 66.8 Å². The predicted molar refractivity (Wildman–Crippen MR) is 112 cm³/mol. The molecule has 5 heteroatoms. The molecule has 4 atom stereocenters. The van der Waals surface area contributed by atoms with Gasteiger partial charge in [0, 0.05) is 35.6 Å². The Morgan fingerprint density at radius 1 is 1.33 bits per heavy atom. The fraction of sp³-hybridized carbons (Fsp3) is 0.591. The van der Waals surface area contributed by atoms with E-state index in [1.807, 2.05) is 0 Å². The lowest BCUT2D eigenvalue weighted by Crippen LogP contribution is -2.51. The summed E-state index contributed by atoms with van der Waals surface area (Å²) in [5.74, 6) is 0.880. The molecule has 4 rings (SSSR count). The van der Waals surface area contributed by atoms with Crippen LogP contribution in [0.3, 0.4) is 0 Å². The van der Waals surface area contributed by atoms with Crippen molar-refractivity contribution in [2.75, 3.05) is 13.1 Å². The Bertz CT molecular complexity index is 863. The van der Waals surface area contributed by atoms with Gasteiger partial charge in [-0.3, -0.25) is 4.90 Å². The van der Waals surface area contributed by atoms with Crippen LogP contribution in [0, 0.1) is 23.2 Å². The zero-order valence-corrected chi connectivity index (χ0v) is 18.0. The van der Waals surface area contributed by atoms with Crippen LogP contribution >= 0.6 is 0 Å². The Balaban J connectivity index is 1.77. The number of rotatable bonds is 4. The third-order valence-electron chi connectivity index (χ3n) is 6.26. The van der Waals surface area contributed by atoms with E-state index in [-0.39, 0.29) is 18.1 Å². The molecule has 1 saturated heterocycles. The monoisotopic (exact) mass is 381 g/mol. The third-order valence-corrected chi connectivity index (χ3v) is 7.22. The molecule has 1 N–H and O–H groups in total. The molecule has 0 bridgehead atoms. The van der Waals surface area contributed by atoms with Gasteiger partial charge in [0.1, 0.15) is 6.10 Å². The Hall–Kier alpha value is -1.61. The van der Waals surface area contributed by atoms with E-state index in [0.29, 0.717) is 5.92 Å². The van der Waals surface area contributed by atoms with Crippen LogP contribution in [0.1, 0.15) is 37.1 Å². The van der Waals surface area contributed by atoms with Gasteiger partial charge in [-0.1, -0.05) is 31.5 Å². The second-order valence-corrected chi connectivity index (χ2v) is 13.7. The highest BCUT2D eigenvalue weighted by molar-refractivity contribution is 6.69. The average Bonchev–Trinajstić information content (AvgIpc) is 3.03. The van der Waals surface area contributed by atoms with Crippen molar-refractivity contribution in [2.45, 2.75) is 58.0 Å². The summed E-state index contributed by atoms with van der Waals surface area (Å²) in [5.41, 5.74) is 4.01. The quantitative estimate of drug-likeness (QED) is 0.770. The smallest absolute Gasteiger partial charge is 0.185 e. The van der Waals surface area contributed by atoms with Gasteiger partial charge >= 0.3 is 0 Å². The van der Waals surface area contributed by atoms with Crippen LogP contribution in [-0.2, 0) is 10.8 Å². The van der Waals surface area contributed by atoms with Crippen LogP contribution in [0.2, 0.25) is 19.6 Å². The van der Waals surface area contributed by atoms with Gasteiger partial charge in [0.2, 0.25) is 0 Å². The molecule has 1 aromatic heterocycles. The minimum atomic E-state index is -1.79. The zero-order chi connectivity index (χ0) is 19.2. The number of aromatic amines is 1. The number of fused-ring (bicyclic) bond motifs is 5. The van der Waals surface area contributed by atoms with Crippen molar-refractivity contribution in [3.05, 3.63) is 35.5 Å². The Labute approximate surface area is 163 Å². The molecule has 1 aromatic carbocycles. The maximum absolute atomic E-state index is 10.00. The summed E-state index contributed by atoms with van der Waals surface area (Å²) >= 11 is 0. The molecule has 1 fully saturated rings. The second kappa shape index (κ2) is 7.09. The topological polar surface area (TPSA) is 52.0 Å². The standard InChI is InChI=1S/C22H31N3OSi/c1-5-15-12-18(20(13-23)26-27(2,3)4)22-21-17(10-11-25(22)14-15)16-8-6-7-9-19(16)24-21/h6-9,15,18,20,22,24H,5,10-12,14H2,1-4H3/t15-,18?,20?,22-/m1/s1. The van der Waals surface area contributed by atoms with Gasteiger partial charge < -0.3 is 9.41 Å². The fourth-order valence-electron chi connectivity index (χ4n) is 5.10. The molecular formula is C22H31N3OSi. The molecule has 144 valence electrons. The van der Waals surface area contributed by atoms with Crippen LogP contribution in [0.4, 0.5) is 0 Å². The normalized spacial score (nSPS) is 27.0. The fourth-order valence-corrected chi connectivity index (χ4v) is 6.09. The lowest BCUT2D eigenvalue weighted by atomic mass is 9.75. The maximum Gasteiger partial charge on any atom is 0.185 e. The Morgan fingerprint density at radius 2 is 2.11 bits per heavy atom. The first-order chi connectivity index (χ1) is 12.9. The third kappa shape index (κ3) is 3.47. The summed E-state index contributed by atoms with van der Waals surface area (Å²) in [6.45, 7) is 11.1. The Morgan fingerprint density at radius 3 is 2.81 bits per heavy atom. The largest absolute Gasteiger partial charge is 0.402 e. The molecule has 0 radical (unpaired) electrons. The Kier molecular flexibility index (Phi) is 4.92. The van der Waals surface area contributed by atoms with Crippen LogP contribution < -0.4 is 0 Å². The predicted octanol–water partition coefficient (Wildman–Crippen LogP) is 4.86. The summed E-state index contributed by atoms with van der Waals surface area (Å²) in [6, 6.07) is 11.4. The highest BCUT2D eigenvalue weighted by atomic mass is 28.4. The molecule has 0 saturated carbocycles. The number of aromatic nitrogens is 1. The van der Waals surface area contributed by atoms with Gasteiger partial charge in [0.15, 0.2) is 8.32 Å². The number of piperidine rings is 1. The first-order valence-corrected chi connectivity index (χ1v) is 13.7. The van der Waals surface area contributed by atoms with Crippen LogP contribution in [0.25, 0.3) is 10.9 Å². The first kappa shape index (κ1) is 18.7. The maximum atomic E-state index is 10.00. The number of H-pyrrole nitrogens is 1. The van der Waals surface area contributed by atoms with E-state index in [4.69, 9.17) is 4.43 Å². The number of nitrogens with zero attached hydrogens (tertiary/aromatic N) is 2. The van der Waals surface area contributed by atoms with Gasteiger partial charge in [-0.15, -0.1) is 0 Å². The van der Waals surface area contributed by atoms with Crippen molar-refractivity contribution in [2.24, 2.45) is 11.8 Å². The number of hydrogen-bond acceptors (Lipinski definition) is 3. The van der Waals surface area contributed by atoms with Crippen molar-refractivity contribution < 1.29 is 4.43 Å². The summed E-state index contributed by atoms with van der Waals surface area (Å²) < 4.78 is 6.39. The van der Waals surface area contributed by atoms with E-state index >= 15 is 0 Å². The molecule has 2 aliphatic rings. The highest BCUT2D eigenvalue weighted by Gasteiger charge is 2.45. The second-order valence-electron chi connectivity index (χ2n) is 9.21. The van der Waals surface area contributed by atoms with Gasteiger partial charge in [-0.05, 0) is 50.0 Å². The van der Waals surface area contributed by atoms with E-state index < -0.39 is 8.32 Å². The summed E-state index contributed by atoms with van der Waals surface area (Å²) in [6.07, 6.45) is 3.01.